The Hall–Kier alpha value is -2.44. The van der Waals surface area contributed by atoms with Crippen molar-refractivity contribution in [2.45, 2.75) is 38.6 Å². The summed E-state index contributed by atoms with van der Waals surface area (Å²) in [4.78, 5) is 39.4. The van der Waals surface area contributed by atoms with E-state index in [0.717, 1.165) is 12.8 Å². The van der Waals surface area contributed by atoms with Crippen molar-refractivity contribution in [1.82, 2.24) is 4.90 Å². The molecule has 0 aromatic heterocycles. The van der Waals surface area contributed by atoms with Gasteiger partial charge in [0.2, 0.25) is 11.8 Å². The summed E-state index contributed by atoms with van der Waals surface area (Å²) in [7, 11) is 0. The van der Waals surface area contributed by atoms with Crippen molar-refractivity contribution in [1.29, 1.82) is 0 Å². The van der Waals surface area contributed by atoms with E-state index < -0.39 is 17.9 Å². The zero-order valence-corrected chi connectivity index (χ0v) is 14.1. The Balaban J connectivity index is 1.76. The average Bonchev–Trinajstić information content (AvgIpc) is 2.98. The van der Waals surface area contributed by atoms with Crippen LogP contribution in [-0.2, 0) is 14.4 Å². The van der Waals surface area contributed by atoms with E-state index in [1.165, 1.54) is 21.9 Å². The molecule has 2 unspecified atom stereocenters. The van der Waals surface area contributed by atoms with E-state index in [-0.39, 0.29) is 30.6 Å². The van der Waals surface area contributed by atoms with Gasteiger partial charge in [0.15, 0.2) is 0 Å². The monoisotopic (exact) mass is 348 g/mol. The van der Waals surface area contributed by atoms with Gasteiger partial charge in [0.05, 0.1) is 5.92 Å². The van der Waals surface area contributed by atoms with Crippen LogP contribution in [0.15, 0.2) is 18.2 Å². The summed E-state index contributed by atoms with van der Waals surface area (Å²) in [5, 5.41) is 9.33. The summed E-state index contributed by atoms with van der Waals surface area (Å²) in [5.74, 6) is -2.38. The van der Waals surface area contributed by atoms with E-state index in [0.29, 0.717) is 24.2 Å². The van der Waals surface area contributed by atoms with Gasteiger partial charge in [0, 0.05) is 25.2 Å². The number of carbonyl (C=O) groups excluding carboxylic acids is 2. The first-order chi connectivity index (χ1) is 11.9. The molecular formula is C18H21FN2O4. The lowest BCUT2D eigenvalue weighted by Crippen LogP contribution is -2.50. The number of carboxylic acid groups (broad SMARTS) is 1. The first kappa shape index (κ1) is 17.4. The Morgan fingerprint density at radius 1 is 1.28 bits per heavy atom. The second kappa shape index (κ2) is 6.82. The lowest BCUT2D eigenvalue weighted by molar-refractivity contribution is -0.153. The van der Waals surface area contributed by atoms with Gasteiger partial charge in [-0.25, -0.2) is 9.18 Å². The maximum absolute atomic E-state index is 13.4. The number of nitrogens with zero attached hydrogens (tertiary/aromatic N) is 2. The molecule has 2 heterocycles. The van der Waals surface area contributed by atoms with Gasteiger partial charge in [-0.05, 0) is 49.9 Å². The van der Waals surface area contributed by atoms with Crippen molar-refractivity contribution in [3.8, 4) is 0 Å². The van der Waals surface area contributed by atoms with Gasteiger partial charge in [-0.1, -0.05) is 0 Å². The molecule has 0 aliphatic carbocycles. The van der Waals surface area contributed by atoms with Crippen LogP contribution in [0.25, 0.3) is 0 Å². The molecule has 1 aromatic carbocycles. The molecule has 134 valence electrons. The normalized spacial score (nSPS) is 23.8. The molecule has 2 saturated heterocycles. The summed E-state index contributed by atoms with van der Waals surface area (Å²) in [6.07, 6.45) is 2.06. The smallest absolute Gasteiger partial charge is 0.326 e. The number of halogens is 1. The number of amides is 2. The molecule has 2 aliphatic rings. The van der Waals surface area contributed by atoms with E-state index in [9.17, 15) is 23.9 Å². The van der Waals surface area contributed by atoms with Crippen LogP contribution in [0.1, 0.15) is 31.2 Å². The van der Waals surface area contributed by atoms with Gasteiger partial charge in [0.1, 0.15) is 11.9 Å². The highest BCUT2D eigenvalue weighted by molar-refractivity contribution is 6.00. The van der Waals surface area contributed by atoms with Gasteiger partial charge >= 0.3 is 5.97 Å². The van der Waals surface area contributed by atoms with Crippen molar-refractivity contribution in [2.75, 3.05) is 18.0 Å². The molecular weight excluding hydrogens is 327 g/mol. The zero-order chi connectivity index (χ0) is 18.1. The van der Waals surface area contributed by atoms with E-state index in [1.54, 1.807) is 13.0 Å². The topological polar surface area (TPSA) is 77.9 Å². The highest BCUT2D eigenvalue weighted by Gasteiger charge is 2.41. The molecule has 3 rings (SSSR count). The molecule has 2 fully saturated rings. The van der Waals surface area contributed by atoms with E-state index in [1.807, 2.05) is 0 Å². The predicted molar refractivity (Wildman–Crippen MR) is 88.6 cm³/mol. The van der Waals surface area contributed by atoms with Crippen molar-refractivity contribution in [3.63, 3.8) is 0 Å². The lowest BCUT2D eigenvalue weighted by Gasteiger charge is -2.34. The lowest BCUT2D eigenvalue weighted by atomic mass is 9.98. The molecule has 0 radical (unpaired) electrons. The van der Waals surface area contributed by atoms with Crippen LogP contribution < -0.4 is 4.90 Å². The third kappa shape index (κ3) is 3.36. The summed E-state index contributed by atoms with van der Waals surface area (Å²) in [5.41, 5.74) is 0.995. The quantitative estimate of drug-likeness (QED) is 0.906. The Kier molecular flexibility index (Phi) is 4.74. The molecule has 1 N–H and O–H groups in total. The molecule has 2 atom stereocenters. The van der Waals surface area contributed by atoms with Crippen LogP contribution in [0.2, 0.25) is 0 Å². The van der Waals surface area contributed by atoms with Crippen molar-refractivity contribution in [3.05, 3.63) is 29.6 Å². The Labute approximate surface area is 145 Å². The number of anilines is 1. The van der Waals surface area contributed by atoms with Crippen LogP contribution in [0.3, 0.4) is 0 Å². The average molecular weight is 348 g/mol. The second-order valence-electron chi connectivity index (χ2n) is 6.72. The fourth-order valence-electron chi connectivity index (χ4n) is 3.61. The molecule has 7 heteroatoms. The Morgan fingerprint density at radius 3 is 2.72 bits per heavy atom. The number of hydrogen-bond donors (Lipinski definition) is 1. The van der Waals surface area contributed by atoms with Crippen LogP contribution in [0.4, 0.5) is 10.1 Å². The minimum atomic E-state index is -0.997. The minimum Gasteiger partial charge on any atom is -0.480 e. The van der Waals surface area contributed by atoms with Gasteiger partial charge in [0.25, 0.3) is 0 Å². The number of carbonyl (C=O) groups is 3. The highest BCUT2D eigenvalue weighted by Crippen LogP contribution is 2.29. The molecule has 0 bridgehead atoms. The number of carboxylic acids is 1. The number of likely N-dealkylation sites (tertiary alicyclic amines) is 1. The van der Waals surface area contributed by atoms with Crippen LogP contribution in [0, 0.1) is 18.7 Å². The second-order valence-corrected chi connectivity index (χ2v) is 6.72. The van der Waals surface area contributed by atoms with Gasteiger partial charge in [-0.15, -0.1) is 0 Å². The SMILES string of the molecule is Cc1cc(N2CC(C(=O)N3CCCCC3C(=O)O)CC2=O)ccc1F. The van der Waals surface area contributed by atoms with Crippen molar-refractivity contribution >= 4 is 23.5 Å². The third-order valence-corrected chi connectivity index (χ3v) is 5.00. The molecule has 2 aliphatic heterocycles. The van der Waals surface area contributed by atoms with Crippen LogP contribution >= 0.6 is 0 Å². The first-order valence-corrected chi connectivity index (χ1v) is 8.48. The summed E-state index contributed by atoms with van der Waals surface area (Å²) >= 11 is 0. The van der Waals surface area contributed by atoms with Crippen LogP contribution in [-0.4, -0.2) is 46.9 Å². The number of aryl methyl sites for hydroxylation is 1. The fourth-order valence-corrected chi connectivity index (χ4v) is 3.61. The Bertz CT molecular complexity index is 721. The minimum absolute atomic E-state index is 0.0537. The highest BCUT2D eigenvalue weighted by atomic mass is 19.1. The maximum Gasteiger partial charge on any atom is 0.326 e. The molecule has 0 saturated carbocycles. The molecule has 6 nitrogen and oxygen atoms in total. The number of hydrogen-bond acceptors (Lipinski definition) is 3. The number of aliphatic carboxylic acids is 1. The third-order valence-electron chi connectivity index (χ3n) is 5.00. The van der Waals surface area contributed by atoms with Crippen molar-refractivity contribution < 1.29 is 23.9 Å². The summed E-state index contributed by atoms with van der Waals surface area (Å²) in [6.45, 7) is 2.23. The number of piperidine rings is 1. The largest absolute Gasteiger partial charge is 0.480 e. The molecule has 0 spiro atoms. The van der Waals surface area contributed by atoms with Gasteiger partial charge < -0.3 is 14.9 Å². The number of benzene rings is 1. The summed E-state index contributed by atoms with van der Waals surface area (Å²) in [6, 6.07) is 3.60. The van der Waals surface area contributed by atoms with Crippen molar-refractivity contribution in [2.24, 2.45) is 5.92 Å². The van der Waals surface area contributed by atoms with E-state index in [4.69, 9.17) is 0 Å². The van der Waals surface area contributed by atoms with Gasteiger partial charge in [-0.3, -0.25) is 9.59 Å². The number of rotatable bonds is 3. The van der Waals surface area contributed by atoms with E-state index in [2.05, 4.69) is 0 Å². The zero-order valence-electron chi connectivity index (χ0n) is 14.1. The maximum atomic E-state index is 13.4. The van der Waals surface area contributed by atoms with Crippen LogP contribution in [0.5, 0.6) is 0 Å². The Morgan fingerprint density at radius 2 is 2.04 bits per heavy atom. The summed E-state index contributed by atoms with van der Waals surface area (Å²) < 4.78 is 13.4. The standard InChI is InChI=1S/C18H21FN2O4/c1-11-8-13(5-6-14(11)19)21-10-12(9-16(21)22)17(23)20-7-3-2-4-15(20)18(24)25/h5-6,8,12,15H,2-4,7,9-10H2,1H3,(H,24,25). The molecule has 2 amide bonds. The molecule has 25 heavy (non-hydrogen) atoms. The van der Waals surface area contributed by atoms with E-state index >= 15 is 0 Å². The first-order valence-electron chi connectivity index (χ1n) is 8.48. The predicted octanol–water partition coefficient (Wildman–Crippen LogP) is 1.95. The van der Waals surface area contributed by atoms with Gasteiger partial charge in [-0.2, -0.15) is 0 Å². The fraction of sp³-hybridized carbons (Fsp3) is 0.500. The molecule has 1 aromatic rings.